The number of likely N-dealkylation sites (tertiary alicyclic amines) is 2. The molecular weight excluding hydrogens is 879 g/mol. The Morgan fingerprint density at radius 2 is 1.67 bits per heavy atom. The van der Waals surface area contributed by atoms with Gasteiger partial charge in [-0.1, -0.05) is 45.0 Å². The van der Waals surface area contributed by atoms with Crippen molar-refractivity contribution in [3.05, 3.63) is 88.5 Å². The van der Waals surface area contributed by atoms with Crippen molar-refractivity contribution in [3.63, 3.8) is 0 Å². The van der Waals surface area contributed by atoms with Crippen LogP contribution in [0.5, 0.6) is 0 Å². The normalized spacial score (nSPS) is 22.6. The fourth-order valence-corrected chi connectivity index (χ4v) is 10.4. The minimum atomic E-state index is -2.81. The number of aliphatic hydroxyl groups excluding tert-OH is 1. The molecule has 3 saturated heterocycles. The number of amides is 4. The average Bonchev–Trinajstić information content (AvgIpc) is 4.01. The second-order valence-corrected chi connectivity index (χ2v) is 20.4. The van der Waals surface area contributed by atoms with Crippen LogP contribution in [-0.2, 0) is 19.2 Å². The summed E-state index contributed by atoms with van der Waals surface area (Å²) in [6, 6.07) is 12.5. The topological polar surface area (TPSA) is 177 Å². The van der Waals surface area contributed by atoms with E-state index in [1.54, 1.807) is 28.4 Å². The molecule has 4 aromatic rings. The monoisotopic (exact) mass is 936 g/mol. The molecule has 1 aromatic carbocycles. The number of benzene rings is 1. The van der Waals surface area contributed by atoms with Gasteiger partial charge in [-0.15, -0.1) is 11.3 Å². The molecule has 4 aliphatic rings. The predicted molar refractivity (Wildman–Crippen MR) is 251 cm³/mol. The lowest BCUT2D eigenvalue weighted by molar-refractivity contribution is -0.148. The number of aliphatic hydroxyl groups is 1. The molecule has 8 rings (SSSR count). The van der Waals surface area contributed by atoms with Crippen LogP contribution in [0.25, 0.3) is 15.3 Å². The van der Waals surface area contributed by atoms with E-state index in [1.165, 1.54) is 11.1 Å². The first-order valence-electron chi connectivity index (χ1n) is 23.0. The van der Waals surface area contributed by atoms with Crippen LogP contribution >= 0.6 is 11.3 Å². The number of nitrogens with one attached hydrogen (secondary N) is 3. The van der Waals surface area contributed by atoms with Gasteiger partial charge in [-0.05, 0) is 91.8 Å². The van der Waals surface area contributed by atoms with Crippen molar-refractivity contribution in [2.75, 3.05) is 42.9 Å². The fourth-order valence-electron chi connectivity index (χ4n) is 9.62. The lowest BCUT2D eigenvalue weighted by Gasteiger charge is -2.41. The van der Waals surface area contributed by atoms with Gasteiger partial charge in [-0.25, -0.2) is 28.6 Å². The summed E-state index contributed by atoms with van der Waals surface area (Å²) in [5.74, 6) is -3.49. The van der Waals surface area contributed by atoms with Gasteiger partial charge in [0.1, 0.15) is 29.5 Å². The van der Waals surface area contributed by atoms with Crippen LogP contribution in [0.1, 0.15) is 95.0 Å². The van der Waals surface area contributed by atoms with E-state index in [0.717, 1.165) is 27.3 Å². The van der Waals surface area contributed by atoms with Gasteiger partial charge >= 0.3 is 0 Å². The Morgan fingerprint density at radius 1 is 0.940 bits per heavy atom. The molecule has 6 heterocycles. The highest BCUT2D eigenvalue weighted by atomic mass is 32.1. The van der Waals surface area contributed by atoms with Gasteiger partial charge in [-0.3, -0.25) is 19.2 Å². The lowest BCUT2D eigenvalue weighted by atomic mass is 9.73. The van der Waals surface area contributed by atoms with Gasteiger partial charge in [0, 0.05) is 57.1 Å². The maximum absolute atomic E-state index is 14.3. The first-order chi connectivity index (χ1) is 31.8. The van der Waals surface area contributed by atoms with Crippen LogP contribution in [0.3, 0.4) is 0 Å². The van der Waals surface area contributed by atoms with Gasteiger partial charge in [0.15, 0.2) is 5.69 Å². The van der Waals surface area contributed by atoms with Crippen LogP contribution in [0, 0.1) is 30.7 Å². The van der Waals surface area contributed by atoms with Crippen molar-refractivity contribution in [2.24, 2.45) is 17.3 Å². The van der Waals surface area contributed by atoms with Crippen molar-refractivity contribution in [2.45, 2.75) is 109 Å². The Morgan fingerprint density at radius 3 is 2.31 bits per heavy atom. The average molecular weight is 937 g/mol. The summed E-state index contributed by atoms with van der Waals surface area (Å²) in [5, 5.41) is 19.9. The molecule has 354 valence electrons. The number of carbonyl (C=O) groups excluding carboxylic acids is 4. The summed E-state index contributed by atoms with van der Waals surface area (Å²) < 4.78 is 28.6. The van der Waals surface area contributed by atoms with Crippen LogP contribution in [0.2, 0.25) is 0 Å². The number of hydrogen-bond donors (Lipinski definition) is 4. The molecule has 4 amide bonds. The standard InChI is InChI=1S/C49H58F2N10O5S/c1-28(30-7-9-32(10-8-30)42-29(2)54-27-67-42)55-45(64)38-24-37(62)25-61(38)47(66)43(48(3,4)5)58-44(63)34-19-35(20-34)46(65)59-16-12-31(13-17-59)33-21-40(56-39-23-36(52-6)11-15-53-39)57-41(22-33)60-18-14-49(50,51)26-60/h7-11,15,21-23,27-28,31,34-35,37-38,43,62H,12-14,16-20,24-26H2,1-5H3,(H,55,64)(H,58,63)(H,53,56,57)/t28-,34?,35?,37+,38?,43-/m0/s1. The largest absolute Gasteiger partial charge is 0.391 e. The number of aryl methyl sites for hydroxylation is 1. The second-order valence-electron chi connectivity index (χ2n) is 19.6. The number of halogens is 2. The minimum absolute atomic E-state index is 0.0197. The molecule has 67 heavy (non-hydrogen) atoms. The third-order valence-corrected chi connectivity index (χ3v) is 14.6. The highest BCUT2D eigenvalue weighted by Gasteiger charge is 2.47. The Balaban J connectivity index is 0.852. The van der Waals surface area contributed by atoms with Crippen LogP contribution in [0.15, 0.2) is 60.2 Å². The molecule has 4 atom stereocenters. The zero-order valence-corrected chi connectivity index (χ0v) is 39.3. The van der Waals surface area contributed by atoms with Crippen molar-refractivity contribution < 1.29 is 33.1 Å². The van der Waals surface area contributed by atoms with Crippen LogP contribution in [-0.4, -0.2) is 110 Å². The van der Waals surface area contributed by atoms with E-state index in [-0.39, 0.29) is 61.5 Å². The number of aromatic nitrogens is 3. The van der Waals surface area contributed by atoms with Gasteiger partial charge in [0.05, 0.1) is 41.3 Å². The maximum Gasteiger partial charge on any atom is 0.266 e. The Hall–Kier alpha value is -6.06. The summed E-state index contributed by atoms with van der Waals surface area (Å²) in [7, 11) is 0. The molecule has 15 nitrogen and oxygen atoms in total. The number of thiazole rings is 1. The van der Waals surface area contributed by atoms with Crippen LogP contribution in [0.4, 0.5) is 31.9 Å². The van der Waals surface area contributed by atoms with E-state index in [0.29, 0.717) is 61.9 Å². The summed E-state index contributed by atoms with van der Waals surface area (Å²) in [5.41, 5.74) is 5.25. The SMILES string of the molecule is [C-]#[N+]c1ccnc(Nc2cc(C3CCN(C(=O)C4CC(C(=O)N[C@@H](C(=O)N5C[C@H](O)CC5C(=O)N[C@@H](C)c5ccc(-c6scnc6C)cc5)C(C)(C)C)C4)CC3)cc(N3CCC(F)(F)C3)n2)c1. The molecule has 3 aliphatic heterocycles. The number of rotatable bonds is 12. The van der Waals surface area contributed by atoms with Crippen molar-refractivity contribution in [3.8, 4) is 10.4 Å². The Bertz CT molecular complexity index is 2530. The van der Waals surface area contributed by atoms with E-state index in [2.05, 4.69) is 35.7 Å². The second kappa shape index (κ2) is 19.3. The molecule has 3 aromatic heterocycles. The van der Waals surface area contributed by atoms with Crippen molar-refractivity contribution in [1.82, 2.24) is 35.4 Å². The quantitative estimate of drug-likeness (QED) is 0.107. The first kappa shape index (κ1) is 47.4. The number of hydrogen-bond acceptors (Lipinski definition) is 11. The van der Waals surface area contributed by atoms with Crippen molar-refractivity contribution in [1.29, 1.82) is 0 Å². The molecule has 0 spiro atoms. The summed E-state index contributed by atoms with van der Waals surface area (Å²) in [4.78, 5) is 78.2. The third kappa shape index (κ3) is 10.7. The van der Waals surface area contributed by atoms with Crippen LogP contribution < -0.4 is 20.9 Å². The number of piperidine rings is 1. The van der Waals surface area contributed by atoms with Crippen molar-refractivity contribution >= 4 is 58.1 Å². The fraction of sp³-hybridized carbons (Fsp3) is 0.510. The van der Waals surface area contributed by atoms with Gasteiger partial charge in [0.25, 0.3) is 5.92 Å². The Kier molecular flexibility index (Phi) is 13.6. The van der Waals surface area contributed by atoms with Gasteiger partial charge in [-0.2, -0.15) is 0 Å². The number of pyridine rings is 2. The molecule has 4 N–H and O–H groups in total. The summed E-state index contributed by atoms with van der Waals surface area (Å²) >= 11 is 1.56. The van der Waals surface area contributed by atoms with E-state index < -0.39 is 47.9 Å². The molecule has 0 radical (unpaired) electrons. The van der Waals surface area contributed by atoms with E-state index in [9.17, 15) is 33.1 Å². The zero-order valence-electron chi connectivity index (χ0n) is 38.5. The molecule has 1 aliphatic carbocycles. The summed E-state index contributed by atoms with van der Waals surface area (Å²) in [6.45, 7) is 17.4. The Labute approximate surface area is 393 Å². The third-order valence-electron chi connectivity index (χ3n) is 13.6. The molecule has 0 bridgehead atoms. The predicted octanol–water partition coefficient (Wildman–Crippen LogP) is 7.15. The molecule has 1 saturated carbocycles. The maximum atomic E-state index is 14.3. The molecule has 4 fully saturated rings. The molecule has 18 heteroatoms. The number of carbonyl (C=O) groups is 4. The van der Waals surface area contributed by atoms with E-state index in [1.807, 2.05) is 81.4 Å². The number of alkyl halides is 2. The number of β-amino-alcohol motifs (C(OH)–C–C–N with tert-alkyl or cyclic N) is 1. The van der Waals surface area contributed by atoms with Gasteiger partial charge in [0.2, 0.25) is 23.6 Å². The van der Waals surface area contributed by atoms with E-state index in [4.69, 9.17) is 6.57 Å². The zero-order chi connectivity index (χ0) is 47.8. The van der Waals surface area contributed by atoms with E-state index >= 15 is 0 Å². The van der Waals surface area contributed by atoms with Gasteiger partial charge < -0.3 is 35.8 Å². The summed E-state index contributed by atoms with van der Waals surface area (Å²) in [6.07, 6.45) is 2.41. The molecular formula is C49H58F2N10O5S. The smallest absolute Gasteiger partial charge is 0.266 e. The highest BCUT2D eigenvalue weighted by Crippen LogP contribution is 2.40. The lowest BCUT2D eigenvalue weighted by Crippen LogP contribution is -2.59. The first-order valence-corrected chi connectivity index (χ1v) is 23.9. The highest BCUT2D eigenvalue weighted by molar-refractivity contribution is 7.13. The number of nitrogens with zero attached hydrogens (tertiary/aromatic N) is 7. The molecule has 1 unspecified atom stereocenters. The minimum Gasteiger partial charge on any atom is -0.391 e. The number of anilines is 3.